The Balaban J connectivity index is 1.46. The van der Waals surface area contributed by atoms with Crippen molar-refractivity contribution in [3.05, 3.63) is 77.4 Å². The van der Waals surface area contributed by atoms with Crippen LogP contribution < -0.4 is 29.6 Å². The molecule has 2 heterocycles. The number of ether oxygens (including phenoxy) is 4. The molecule has 2 aliphatic heterocycles. The van der Waals surface area contributed by atoms with E-state index in [9.17, 15) is 14.7 Å². The molecule has 5 rings (SSSR count). The number of nitrogens with zero attached hydrogens (tertiary/aromatic N) is 2. The standard InChI is InChI=1S/C36H45N3O7/c1-4-5-16-39(27-13-8-10-24(17-27)20-37)33(40)22-38-21-28(26-18-31(44-3)35-32(19-26)45-23-46-35)34(36(41)42)29(38)14-9-12-25-11-6-7-15-30(25)43-2/h6-8,10-11,13,15,17-19,28-29,34H,4-5,9,12,14,16,20-23,37H2,1-3H3,(H,41,42)/t28-,29+,34?/m1/s1. The van der Waals surface area contributed by atoms with E-state index in [0.29, 0.717) is 43.3 Å². The molecule has 2 aliphatic rings. The smallest absolute Gasteiger partial charge is 0.308 e. The van der Waals surface area contributed by atoms with E-state index < -0.39 is 17.8 Å². The van der Waals surface area contributed by atoms with E-state index in [1.807, 2.05) is 65.6 Å². The van der Waals surface area contributed by atoms with Crippen molar-refractivity contribution >= 4 is 17.6 Å². The average molecular weight is 632 g/mol. The molecule has 0 spiro atoms. The van der Waals surface area contributed by atoms with E-state index in [4.69, 9.17) is 24.7 Å². The number of aliphatic carboxylic acids is 1. The topological polar surface area (TPSA) is 124 Å². The minimum Gasteiger partial charge on any atom is -0.496 e. The molecule has 0 saturated carbocycles. The zero-order chi connectivity index (χ0) is 32.6. The van der Waals surface area contributed by atoms with Crippen molar-refractivity contribution in [3.63, 3.8) is 0 Å². The molecule has 0 radical (unpaired) electrons. The molecule has 1 amide bonds. The molecule has 0 aromatic heterocycles. The Morgan fingerprint density at radius 3 is 2.57 bits per heavy atom. The van der Waals surface area contributed by atoms with Gasteiger partial charge in [-0.2, -0.15) is 0 Å². The highest BCUT2D eigenvalue weighted by atomic mass is 16.7. The number of para-hydroxylation sites is 1. The van der Waals surface area contributed by atoms with Gasteiger partial charge in [0.2, 0.25) is 18.4 Å². The second kappa shape index (κ2) is 15.3. The number of carbonyl (C=O) groups excluding carboxylic acids is 1. The van der Waals surface area contributed by atoms with Gasteiger partial charge in [0.05, 0.1) is 26.7 Å². The Morgan fingerprint density at radius 2 is 1.83 bits per heavy atom. The summed E-state index contributed by atoms with van der Waals surface area (Å²) in [5.41, 5.74) is 9.53. The van der Waals surface area contributed by atoms with Gasteiger partial charge in [-0.1, -0.05) is 43.7 Å². The van der Waals surface area contributed by atoms with Crippen LogP contribution in [0.5, 0.6) is 23.0 Å². The van der Waals surface area contributed by atoms with Crippen LogP contribution in [0, 0.1) is 5.92 Å². The fourth-order valence-electron chi connectivity index (χ4n) is 6.79. The van der Waals surface area contributed by atoms with Crippen molar-refractivity contribution in [2.45, 2.75) is 57.5 Å². The Morgan fingerprint density at radius 1 is 1.02 bits per heavy atom. The number of methoxy groups -OCH3 is 2. The van der Waals surface area contributed by atoms with Crippen LogP contribution in [0.25, 0.3) is 0 Å². The van der Waals surface area contributed by atoms with E-state index in [2.05, 4.69) is 11.8 Å². The van der Waals surface area contributed by atoms with Gasteiger partial charge in [-0.3, -0.25) is 14.5 Å². The molecule has 3 aromatic carbocycles. The fraction of sp³-hybridized carbons (Fsp3) is 0.444. The number of fused-ring (bicyclic) bond motifs is 1. The lowest BCUT2D eigenvalue weighted by Crippen LogP contribution is -2.44. The first kappa shape index (κ1) is 33.1. The second-order valence-electron chi connectivity index (χ2n) is 11.9. The van der Waals surface area contributed by atoms with Gasteiger partial charge in [-0.05, 0) is 72.7 Å². The van der Waals surface area contributed by atoms with Crippen molar-refractivity contribution in [1.82, 2.24) is 4.90 Å². The maximum absolute atomic E-state index is 14.1. The zero-order valence-electron chi connectivity index (χ0n) is 26.9. The van der Waals surface area contributed by atoms with E-state index in [0.717, 1.165) is 53.8 Å². The average Bonchev–Trinajstić information content (AvgIpc) is 3.69. The van der Waals surface area contributed by atoms with E-state index in [1.165, 1.54) is 0 Å². The number of unbranched alkanes of at least 4 members (excludes halogenated alkanes) is 1. The molecular weight excluding hydrogens is 586 g/mol. The maximum atomic E-state index is 14.1. The number of hydrogen-bond donors (Lipinski definition) is 2. The Bertz CT molecular complexity index is 1510. The number of anilines is 1. The highest BCUT2D eigenvalue weighted by Crippen LogP contribution is 2.47. The van der Waals surface area contributed by atoms with E-state index in [1.54, 1.807) is 14.2 Å². The van der Waals surface area contributed by atoms with Crippen LogP contribution in [0.1, 0.15) is 55.2 Å². The van der Waals surface area contributed by atoms with Crippen molar-refractivity contribution < 1.29 is 33.6 Å². The number of carboxylic acids is 1. The third-order valence-electron chi connectivity index (χ3n) is 9.11. The molecule has 1 saturated heterocycles. The van der Waals surface area contributed by atoms with Gasteiger partial charge in [0.1, 0.15) is 5.75 Å². The third-order valence-corrected chi connectivity index (χ3v) is 9.11. The Hall–Kier alpha value is -4.28. The van der Waals surface area contributed by atoms with Gasteiger partial charge < -0.3 is 34.7 Å². The summed E-state index contributed by atoms with van der Waals surface area (Å²) < 4.78 is 22.4. The number of rotatable bonds is 15. The van der Waals surface area contributed by atoms with Crippen LogP contribution in [0.4, 0.5) is 5.69 Å². The first-order valence-corrected chi connectivity index (χ1v) is 16.0. The van der Waals surface area contributed by atoms with Gasteiger partial charge in [-0.15, -0.1) is 0 Å². The summed E-state index contributed by atoms with van der Waals surface area (Å²) in [6.45, 7) is 3.62. The number of aryl methyl sites for hydroxylation is 1. The molecule has 10 heteroatoms. The van der Waals surface area contributed by atoms with Gasteiger partial charge in [0.25, 0.3) is 0 Å². The molecule has 46 heavy (non-hydrogen) atoms. The number of amides is 1. The summed E-state index contributed by atoms with van der Waals surface area (Å²) in [6, 6.07) is 19.0. The van der Waals surface area contributed by atoms with E-state index >= 15 is 0 Å². The molecule has 3 N–H and O–H groups in total. The van der Waals surface area contributed by atoms with Crippen molar-refractivity contribution in [2.24, 2.45) is 11.7 Å². The zero-order valence-corrected chi connectivity index (χ0v) is 26.9. The third kappa shape index (κ3) is 7.24. The number of nitrogens with two attached hydrogens (primary N) is 1. The van der Waals surface area contributed by atoms with Gasteiger partial charge >= 0.3 is 5.97 Å². The highest BCUT2D eigenvalue weighted by molar-refractivity contribution is 5.95. The number of benzene rings is 3. The summed E-state index contributed by atoms with van der Waals surface area (Å²) in [6.07, 6.45) is 3.83. The first-order valence-electron chi connectivity index (χ1n) is 16.0. The predicted octanol–water partition coefficient (Wildman–Crippen LogP) is 5.22. The number of hydrogen-bond acceptors (Lipinski definition) is 8. The minimum atomic E-state index is -0.891. The molecule has 0 bridgehead atoms. The number of likely N-dealkylation sites (tertiary alicyclic amines) is 1. The molecular formula is C36H45N3O7. The molecule has 1 unspecified atom stereocenters. The molecule has 1 fully saturated rings. The summed E-state index contributed by atoms with van der Waals surface area (Å²) in [4.78, 5) is 31.1. The van der Waals surface area contributed by atoms with Crippen LogP contribution in [0.2, 0.25) is 0 Å². The van der Waals surface area contributed by atoms with Crippen molar-refractivity contribution in [3.8, 4) is 23.0 Å². The molecule has 10 nitrogen and oxygen atoms in total. The molecule has 3 aromatic rings. The summed E-state index contributed by atoms with van der Waals surface area (Å²) >= 11 is 0. The number of carboxylic acid groups (broad SMARTS) is 1. The molecule has 0 aliphatic carbocycles. The molecule has 3 atom stereocenters. The van der Waals surface area contributed by atoms with Crippen molar-refractivity contribution in [2.75, 3.05) is 45.5 Å². The molecule has 246 valence electrons. The predicted molar refractivity (Wildman–Crippen MR) is 176 cm³/mol. The highest BCUT2D eigenvalue weighted by Gasteiger charge is 2.47. The Kier molecular flexibility index (Phi) is 11.0. The first-order chi connectivity index (χ1) is 22.4. The van der Waals surface area contributed by atoms with Crippen molar-refractivity contribution in [1.29, 1.82) is 0 Å². The fourth-order valence-corrected chi connectivity index (χ4v) is 6.79. The minimum absolute atomic E-state index is 0.0644. The number of carbonyl (C=O) groups is 2. The lowest BCUT2D eigenvalue weighted by molar-refractivity contribution is -0.143. The summed E-state index contributed by atoms with van der Waals surface area (Å²) in [5.74, 6) is 0.265. The van der Waals surface area contributed by atoms with Crippen LogP contribution in [-0.4, -0.2) is 68.6 Å². The summed E-state index contributed by atoms with van der Waals surface area (Å²) in [5, 5.41) is 10.7. The maximum Gasteiger partial charge on any atom is 0.308 e. The normalized spacial score (nSPS) is 18.8. The van der Waals surface area contributed by atoms with Gasteiger partial charge in [0.15, 0.2) is 11.5 Å². The van der Waals surface area contributed by atoms with Crippen LogP contribution in [0.3, 0.4) is 0 Å². The van der Waals surface area contributed by atoms with Crippen LogP contribution in [-0.2, 0) is 22.6 Å². The largest absolute Gasteiger partial charge is 0.496 e. The van der Waals surface area contributed by atoms with Crippen LogP contribution in [0.15, 0.2) is 60.7 Å². The lowest BCUT2D eigenvalue weighted by Gasteiger charge is -2.30. The van der Waals surface area contributed by atoms with Gasteiger partial charge in [-0.25, -0.2) is 0 Å². The van der Waals surface area contributed by atoms with E-state index in [-0.39, 0.29) is 25.3 Å². The summed E-state index contributed by atoms with van der Waals surface area (Å²) in [7, 11) is 3.21. The van der Waals surface area contributed by atoms with Crippen LogP contribution >= 0.6 is 0 Å². The quantitative estimate of drug-likeness (QED) is 0.233. The second-order valence-corrected chi connectivity index (χ2v) is 11.9. The Labute approximate surface area is 271 Å². The monoisotopic (exact) mass is 631 g/mol. The van der Waals surface area contributed by atoms with Gasteiger partial charge in [0, 0.05) is 37.3 Å². The SMILES string of the molecule is CCCCN(C(=O)CN1C[C@H](c2cc(OC)c3c(c2)OCO3)C(C(=O)O)[C@@H]1CCCc1ccccc1OC)c1cccc(CN)c1. The lowest BCUT2D eigenvalue weighted by atomic mass is 9.83.